The van der Waals surface area contributed by atoms with E-state index in [1.807, 2.05) is 38.6 Å². The first-order chi connectivity index (χ1) is 10.7. The number of aryl methyl sites for hydroxylation is 3. The molecule has 0 N–H and O–H groups in total. The van der Waals surface area contributed by atoms with Gasteiger partial charge in [0, 0.05) is 43.4 Å². The molecule has 2 aromatic rings. The summed E-state index contributed by atoms with van der Waals surface area (Å²) in [5, 5.41) is 0. The molecule has 0 aliphatic carbocycles. The molecule has 0 spiro atoms. The van der Waals surface area contributed by atoms with Crippen LogP contribution in [0.15, 0.2) is 24.8 Å². The molecule has 0 aromatic carbocycles. The van der Waals surface area contributed by atoms with E-state index in [0.29, 0.717) is 0 Å². The molecular weight excluding hydrogens is 274 g/mol. The lowest BCUT2D eigenvalue weighted by molar-refractivity contribution is 0.361. The molecule has 0 unspecified atom stereocenters. The molecule has 5 nitrogen and oxygen atoms in total. The average molecular weight is 299 g/mol. The van der Waals surface area contributed by atoms with Gasteiger partial charge in [0.1, 0.15) is 0 Å². The van der Waals surface area contributed by atoms with Gasteiger partial charge in [-0.3, -0.25) is 0 Å². The van der Waals surface area contributed by atoms with Crippen molar-refractivity contribution in [3.8, 4) is 0 Å². The Morgan fingerprint density at radius 2 is 1.86 bits per heavy atom. The minimum Gasteiger partial charge on any atom is -0.341 e. The molecule has 1 saturated heterocycles. The summed E-state index contributed by atoms with van der Waals surface area (Å²) >= 11 is 0. The largest absolute Gasteiger partial charge is 0.341 e. The topological polar surface area (TPSA) is 46.8 Å². The summed E-state index contributed by atoms with van der Waals surface area (Å²) in [5.74, 6) is 1.75. The molecule has 0 amide bonds. The van der Waals surface area contributed by atoms with Gasteiger partial charge >= 0.3 is 0 Å². The maximum absolute atomic E-state index is 4.58. The number of aromatic nitrogens is 4. The zero-order valence-corrected chi connectivity index (χ0v) is 13.6. The molecule has 0 saturated carbocycles. The highest BCUT2D eigenvalue weighted by Crippen LogP contribution is 2.24. The maximum Gasteiger partial charge on any atom is 0.225 e. The molecule has 3 rings (SSSR count). The molecule has 0 bridgehead atoms. The molecule has 2 aromatic heterocycles. The Hall–Kier alpha value is -1.91. The van der Waals surface area contributed by atoms with E-state index >= 15 is 0 Å². The second-order valence-corrected chi connectivity index (χ2v) is 6.32. The van der Waals surface area contributed by atoms with Crippen molar-refractivity contribution < 1.29 is 0 Å². The lowest BCUT2D eigenvalue weighted by atomic mass is 9.92. The minimum absolute atomic E-state index is 0.839. The van der Waals surface area contributed by atoms with Gasteiger partial charge in [-0.25, -0.2) is 15.0 Å². The van der Waals surface area contributed by atoms with E-state index in [4.69, 9.17) is 0 Å². The highest BCUT2D eigenvalue weighted by atomic mass is 15.3. The predicted octanol–water partition coefficient (Wildman–Crippen LogP) is 2.99. The summed E-state index contributed by atoms with van der Waals surface area (Å²) in [6, 6.07) is 2.03. The molecule has 1 fully saturated rings. The van der Waals surface area contributed by atoms with E-state index in [1.54, 1.807) is 0 Å². The van der Waals surface area contributed by atoms with Crippen molar-refractivity contribution in [3.63, 3.8) is 0 Å². The number of rotatable bonds is 5. The minimum atomic E-state index is 0.839. The zero-order chi connectivity index (χ0) is 15.4. The first kappa shape index (κ1) is 15.0. The fraction of sp³-hybridized carbons (Fsp3) is 0.588. The van der Waals surface area contributed by atoms with Crippen molar-refractivity contribution in [2.75, 3.05) is 18.0 Å². The van der Waals surface area contributed by atoms with Gasteiger partial charge in [-0.15, -0.1) is 0 Å². The monoisotopic (exact) mass is 299 g/mol. The van der Waals surface area contributed by atoms with Gasteiger partial charge in [0.05, 0.1) is 6.33 Å². The van der Waals surface area contributed by atoms with E-state index in [-0.39, 0.29) is 0 Å². The number of imidazole rings is 1. The van der Waals surface area contributed by atoms with Gasteiger partial charge in [0.15, 0.2) is 0 Å². The number of hydrogen-bond donors (Lipinski definition) is 0. The Morgan fingerprint density at radius 3 is 2.50 bits per heavy atom. The molecule has 0 radical (unpaired) electrons. The summed E-state index contributed by atoms with van der Waals surface area (Å²) in [4.78, 5) is 15.6. The molecule has 3 heterocycles. The van der Waals surface area contributed by atoms with E-state index in [1.165, 1.54) is 25.7 Å². The van der Waals surface area contributed by atoms with Gasteiger partial charge in [0.2, 0.25) is 5.95 Å². The van der Waals surface area contributed by atoms with Crippen LogP contribution < -0.4 is 4.90 Å². The van der Waals surface area contributed by atoms with Gasteiger partial charge in [-0.2, -0.15) is 0 Å². The fourth-order valence-electron chi connectivity index (χ4n) is 3.25. The first-order valence-electron chi connectivity index (χ1n) is 8.23. The summed E-state index contributed by atoms with van der Waals surface area (Å²) in [6.45, 7) is 7.33. The van der Waals surface area contributed by atoms with Crippen LogP contribution >= 0.6 is 0 Å². The Morgan fingerprint density at radius 1 is 1.14 bits per heavy atom. The van der Waals surface area contributed by atoms with E-state index < -0.39 is 0 Å². The van der Waals surface area contributed by atoms with E-state index in [9.17, 15) is 0 Å². The van der Waals surface area contributed by atoms with E-state index in [2.05, 4.69) is 24.4 Å². The maximum atomic E-state index is 4.58. The molecule has 5 heteroatoms. The van der Waals surface area contributed by atoms with Gasteiger partial charge in [-0.05, 0) is 51.5 Å². The highest BCUT2D eigenvalue weighted by Gasteiger charge is 2.20. The van der Waals surface area contributed by atoms with Crippen LogP contribution in [0.1, 0.15) is 37.1 Å². The zero-order valence-electron chi connectivity index (χ0n) is 13.6. The number of piperidine rings is 1. The van der Waals surface area contributed by atoms with Crippen LogP contribution in [0.5, 0.6) is 0 Å². The van der Waals surface area contributed by atoms with Crippen LogP contribution in [0, 0.1) is 19.8 Å². The fourth-order valence-corrected chi connectivity index (χ4v) is 3.25. The van der Waals surface area contributed by atoms with Crippen molar-refractivity contribution in [3.05, 3.63) is 36.2 Å². The van der Waals surface area contributed by atoms with Gasteiger partial charge < -0.3 is 9.47 Å². The molecule has 22 heavy (non-hydrogen) atoms. The van der Waals surface area contributed by atoms with Crippen molar-refractivity contribution in [2.45, 2.75) is 46.1 Å². The van der Waals surface area contributed by atoms with Crippen molar-refractivity contribution >= 4 is 5.95 Å². The van der Waals surface area contributed by atoms with E-state index in [0.717, 1.165) is 42.9 Å². The Kier molecular flexibility index (Phi) is 4.71. The Bertz CT molecular complexity index is 565. The van der Waals surface area contributed by atoms with Gasteiger partial charge in [0.25, 0.3) is 0 Å². The molecule has 1 aliphatic rings. The third-order valence-electron chi connectivity index (χ3n) is 4.46. The van der Waals surface area contributed by atoms with Crippen LogP contribution in [0.25, 0.3) is 0 Å². The Balaban J connectivity index is 1.45. The first-order valence-corrected chi connectivity index (χ1v) is 8.23. The second kappa shape index (κ2) is 6.90. The van der Waals surface area contributed by atoms with Crippen molar-refractivity contribution in [2.24, 2.45) is 5.92 Å². The quantitative estimate of drug-likeness (QED) is 0.851. The molecular formula is C17H25N5. The van der Waals surface area contributed by atoms with Gasteiger partial charge in [-0.1, -0.05) is 0 Å². The SMILES string of the molecule is Cc1cc(C)nc(N2CCC(CCCn3ccnc3)CC2)n1. The predicted molar refractivity (Wildman–Crippen MR) is 87.9 cm³/mol. The third kappa shape index (κ3) is 3.84. The molecule has 0 atom stereocenters. The molecule has 118 valence electrons. The standard InChI is InChI=1S/C17H25N5/c1-14-12-15(2)20-17(19-14)22-9-5-16(6-10-22)4-3-8-21-11-7-18-13-21/h7,11-13,16H,3-6,8-10H2,1-2H3. The highest BCUT2D eigenvalue weighted by molar-refractivity contribution is 5.32. The number of anilines is 1. The lowest BCUT2D eigenvalue weighted by Gasteiger charge is -2.32. The third-order valence-corrected chi connectivity index (χ3v) is 4.46. The smallest absolute Gasteiger partial charge is 0.225 e. The number of hydrogen-bond acceptors (Lipinski definition) is 4. The van der Waals surface area contributed by atoms with Crippen molar-refractivity contribution in [1.29, 1.82) is 0 Å². The lowest BCUT2D eigenvalue weighted by Crippen LogP contribution is -2.35. The summed E-state index contributed by atoms with van der Waals surface area (Å²) in [7, 11) is 0. The summed E-state index contributed by atoms with van der Waals surface area (Å²) in [6.07, 6.45) is 10.8. The molecule has 1 aliphatic heterocycles. The Labute approximate surface area is 132 Å². The second-order valence-electron chi connectivity index (χ2n) is 6.32. The van der Waals surface area contributed by atoms with Crippen molar-refractivity contribution in [1.82, 2.24) is 19.5 Å². The normalized spacial score (nSPS) is 16.2. The van der Waals surface area contributed by atoms with Crippen LogP contribution in [-0.4, -0.2) is 32.6 Å². The summed E-state index contributed by atoms with van der Waals surface area (Å²) in [5.41, 5.74) is 2.12. The van der Waals surface area contributed by atoms with Crippen LogP contribution in [0.3, 0.4) is 0 Å². The van der Waals surface area contributed by atoms with Crippen LogP contribution in [-0.2, 0) is 6.54 Å². The van der Waals surface area contributed by atoms with Crippen LogP contribution in [0.4, 0.5) is 5.95 Å². The number of nitrogens with zero attached hydrogens (tertiary/aromatic N) is 5. The average Bonchev–Trinajstić information content (AvgIpc) is 3.00. The van der Waals surface area contributed by atoms with Crippen LogP contribution in [0.2, 0.25) is 0 Å². The summed E-state index contributed by atoms with van der Waals surface area (Å²) < 4.78 is 2.17.